The van der Waals surface area contributed by atoms with Crippen LogP contribution in [0.3, 0.4) is 0 Å². The predicted octanol–water partition coefficient (Wildman–Crippen LogP) is 8.39. The molecule has 2 aliphatic rings. The van der Waals surface area contributed by atoms with Gasteiger partial charge in [0.15, 0.2) is 6.29 Å². The monoisotopic (exact) mass is 680 g/mol. The van der Waals surface area contributed by atoms with Gasteiger partial charge in [-0.15, -0.1) is 11.3 Å². The van der Waals surface area contributed by atoms with Crippen LogP contribution < -0.4 is 15.0 Å². The summed E-state index contributed by atoms with van der Waals surface area (Å²) in [6.07, 6.45) is 8.57. The molecule has 49 heavy (non-hydrogen) atoms. The number of rotatable bonds is 14. The summed E-state index contributed by atoms with van der Waals surface area (Å²) in [5.41, 5.74) is 8.95. The number of fused-ring (bicyclic) bond motifs is 1. The number of hydrogen-bond acceptors (Lipinski definition) is 8. The first-order valence-electron chi connectivity index (χ1n) is 17.5. The van der Waals surface area contributed by atoms with Gasteiger partial charge in [-0.1, -0.05) is 43.7 Å². The number of benzene rings is 3. The predicted molar refractivity (Wildman–Crippen MR) is 199 cm³/mol. The van der Waals surface area contributed by atoms with Gasteiger partial charge >= 0.3 is 0 Å². The summed E-state index contributed by atoms with van der Waals surface area (Å²) in [7, 11) is 2.18. The normalized spacial score (nSPS) is 15.8. The molecule has 1 amide bonds. The van der Waals surface area contributed by atoms with Gasteiger partial charge < -0.3 is 24.4 Å². The zero-order valence-corrected chi connectivity index (χ0v) is 29.7. The number of hydrogen-bond donors (Lipinski definition) is 1. The fraction of sp³-hybridized carbons (Fsp3) is 0.400. The Kier molecular flexibility index (Phi) is 12.1. The Morgan fingerprint density at radius 2 is 1.86 bits per heavy atom. The van der Waals surface area contributed by atoms with Crippen molar-refractivity contribution in [3.63, 3.8) is 0 Å². The van der Waals surface area contributed by atoms with Gasteiger partial charge in [0.2, 0.25) is 0 Å². The average Bonchev–Trinajstić information content (AvgIpc) is 3.57. The SMILES string of the molecule is CCCCOC(C)Oc1ccc(-c2ccc3c(c2)C=C(C(=O)Nc2ccc(CN(C)C4CCOCC4)cc2)CCN3Cc2cncs2)cc1. The van der Waals surface area contributed by atoms with E-state index >= 15 is 0 Å². The molecule has 0 saturated carbocycles. The van der Waals surface area contributed by atoms with E-state index in [1.807, 2.05) is 42.9 Å². The number of unbranched alkanes of at least 4 members (excludes halogenated alkanes) is 1. The van der Waals surface area contributed by atoms with E-state index in [-0.39, 0.29) is 12.2 Å². The third-order valence-corrected chi connectivity index (χ3v) is 10.0. The molecular formula is C40H48N4O4S. The first-order valence-corrected chi connectivity index (χ1v) is 18.4. The maximum absolute atomic E-state index is 13.7. The van der Waals surface area contributed by atoms with Crippen LogP contribution in [0.25, 0.3) is 17.2 Å². The van der Waals surface area contributed by atoms with E-state index in [9.17, 15) is 4.79 Å². The topological polar surface area (TPSA) is 76.2 Å². The molecule has 4 aromatic rings. The third-order valence-electron chi connectivity index (χ3n) is 9.27. The second-order valence-corrected chi connectivity index (χ2v) is 13.9. The summed E-state index contributed by atoms with van der Waals surface area (Å²) < 4.78 is 17.2. The van der Waals surface area contributed by atoms with Gasteiger partial charge in [-0.05, 0) is 104 Å². The van der Waals surface area contributed by atoms with Crippen LogP contribution in [0.2, 0.25) is 0 Å². The van der Waals surface area contributed by atoms with Gasteiger partial charge in [-0.3, -0.25) is 14.7 Å². The number of nitrogens with zero attached hydrogens (tertiary/aromatic N) is 3. The minimum absolute atomic E-state index is 0.0696. The lowest BCUT2D eigenvalue weighted by Gasteiger charge is -2.31. The van der Waals surface area contributed by atoms with Crippen LogP contribution in [0, 0.1) is 0 Å². The van der Waals surface area contributed by atoms with E-state index in [2.05, 4.69) is 82.6 Å². The molecule has 8 nitrogen and oxygen atoms in total. The summed E-state index contributed by atoms with van der Waals surface area (Å²) in [4.78, 5) is 24.0. The van der Waals surface area contributed by atoms with Crippen LogP contribution in [-0.2, 0) is 27.4 Å². The van der Waals surface area contributed by atoms with E-state index in [0.29, 0.717) is 19.1 Å². The summed E-state index contributed by atoms with van der Waals surface area (Å²) >= 11 is 1.65. The van der Waals surface area contributed by atoms with Crippen LogP contribution >= 0.6 is 11.3 Å². The molecule has 1 aromatic heterocycles. The molecule has 6 rings (SSSR count). The largest absolute Gasteiger partial charge is 0.465 e. The number of anilines is 2. The summed E-state index contributed by atoms with van der Waals surface area (Å²) in [6, 6.07) is 23.4. The molecule has 0 radical (unpaired) electrons. The lowest BCUT2D eigenvalue weighted by Crippen LogP contribution is -2.36. The van der Waals surface area contributed by atoms with Crippen molar-refractivity contribution in [1.82, 2.24) is 9.88 Å². The highest BCUT2D eigenvalue weighted by Gasteiger charge is 2.22. The van der Waals surface area contributed by atoms with E-state index in [1.54, 1.807) is 11.3 Å². The molecule has 1 atom stereocenters. The van der Waals surface area contributed by atoms with E-state index in [0.717, 1.165) is 97.9 Å². The standard InChI is InChI=1S/C40H48N4O4S/c1-4-5-20-47-29(2)48-37-13-8-31(9-14-37)32-10-15-39-34(23-32)24-33(16-19-44(39)27-38-25-41-28-49-38)40(45)42-35-11-6-30(7-12-35)26-43(3)36-17-21-46-22-18-36/h6-15,23-25,28-29,36H,4-5,16-22,26-27H2,1-3H3,(H,42,45). The maximum Gasteiger partial charge on any atom is 0.251 e. The van der Waals surface area contributed by atoms with Crippen molar-refractivity contribution in [3.8, 4) is 16.9 Å². The molecule has 1 unspecified atom stereocenters. The van der Waals surface area contributed by atoms with Crippen molar-refractivity contribution in [2.75, 3.05) is 43.6 Å². The molecule has 9 heteroatoms. The number of aromatic nitrogens is 1. The van der Waals surface area contributed by atoms with Crippen molar-refractivity contribution in [3.05, 3.63) is 100 Å². The molecule has 258 valence electrons. The molecule has 3 heterocycles. The zero-order chi connectivity index (χ0) is 34.0. The average molecular weight is 681 g/mol. The first-order chi connectivity index (χ1) is 23.9. The highest BCUT2D eigenvalue weighted by atomic mass is 32.1. The van der Waals surface area contributed by atoms with Crippen LogP contribution in [0.1, 0.15) is 62.0 Å². The molecule has 2 aliphatic heterocycles. The Hall–Kier alpha value is -4.02. The summed E-state index contributed by atoms with van der Waals surface area (Å²) in [6.45, 7) is 8.79. The second-order valence-electron chi connectivity index (χ2n) is 12.9. The third kappa shape index (κ3) is 9.57. The first kappa shape index (κ1) is 34.8. The Morgan fingerprint density at radius 3 is 2.59 bits per heavy atom. The molecule has 0 spiro atoms. The van der Waals surface area contributed by atoms with E-state index in [1.165, 1.54) is 10.4 Å². The maximum atomic E-state index is 13.7. The van der Waals surface area contributed by atoms with Gasteiger partial charge in [0.05, 0.1) is 18.7 Å². The zero-order valence-electron chi connectivity index (χ0n) is 28.9. The molecule has 1 N–H and O–H groups in total. The number of carbonyl (C=O) groups is 1. The smallest absolute Gasteiger partial charge is 0.251 e. The van der Waals surface area contributed by atoms with Crippen molar-refractivity contribution < 1.29 is 19.0 Å². The highest BCUT2D eigenvalue weighted by molar-refractivity contribution is 7.09. The van der Waals surface area contributed by atoms with Crippen molar-refractivity contribution in [1.29, 1.82) is 0 Å². The van der Waals surface area contributed by atoms with E-state index in [4.69, 9.17) is 14.2 Å². The molecule has 0 bridgehead atoms. The van der Waals surface area contributed by atoms with Gasteiger partial charge in [0.25, 0.3) is 5.91 Å². The van der Waals surface area contributed by atoms with Crippen LogP contribution in [0.15, 0.2) is 84.0 Å². The second kappa shape index (κ2) is 17.1. The lowest BCUT2D eigenvalue weighted by atomic mass is 10.00. The highest BCUT2D eigenvalue weighted by Crippen LogP contribution is 2.34. The molecule has 1 saturated heterocycles. The van der Waals surface area contributed by atoms with E-state index < -0.39 is 0 Å². The van der Waals surface area contributed by atoms with Crippen molar-refractivity contribution >= 4 is 34.7 Å². The Labute approximate surface area is 294 Å². The van der Waals surface area contributed by atoms with Crippen molar-refractivity contribution in [2.24, 2.45) is 0 Å². The van der Waals surface area contributed by atoms with Crippen LogP contribution in [0.4, 0.5) is 11.4 Å². The Balaban J connectivity index is 1.17. The van der Waals surface area contributed by atoms with Crippen LogP contribution in [-0.4, -0.2) is 61.5 Å². The van der Waals surface area contributed by atoms with Crippen LogP contribution in [0.5, 0.6) is 5.75 Å². The quantitative estimate of drug-likeness (QED) is 0.106. The minimum Gasteiger partial charge on any atom is -0.465 e. The Bertz CT molecular complexity index is 1670. The molecule has 1 fully saturated rings. The molecular weight excluding hydrogens is 633 g/mol. The summed E-state index contributed by atoms with van der Waals surface area (Å²) in [5.74, 6) is 0.705. The number of thiazole rings is 1. The van der Waals surface area contributed by atoms with Crippen molar-refractivity contribution in [2.45, 2.75) is 71.4 Å². The van der Waals surface area contributed by atoms with Gasteiger partial charge in [-0.2, -0.15) is 0 Å². The molecule has 0 aliphatic carbocycles. The fourth-order valence-electron chi connectivity index (χ4n) is 6.42. The number of nitrogens with one attached hydrogen (secondary N) is 1. The minimum atomic E-state index is -0.300. The lowest BCUT2D eigenvalue weighted by molar-refractivity contribution is -0.112. The summed E-state index contributed by atoms with van der Waals surface area (Å²) in [5, 5.41) is 3.17. The molecule has 3 aromatic carbocycles. The number of amides is 1. The fourth-order valence-corrected chi connectivity index (χ4v) is 7.03. The van der Waals surface area contributed by atoms with Gasteiger partial charge in [-0.25, -0.2) is 0 Å². The van der Waals surface area contributed by atoms with Gasteiger partial charge in [0.1, 0.15) is 5.75 Å². The van der Waals surface area contributed by atoms with Gasteiger partial charge in [0, 0.05) is 60.4 Å². The number of ether oxygens (including phenoxy) is 3. The number of carbonyl (C=O) groups excluding carboxylic acids is 1. The Morgan fingerprint density at radius 1 is 1.08 bits per heavy atom.